The molecule has 0 radical (unpaired) electrons. The molecule has 2 saturated carbocycles. The average molecular weight is 858 g/mol. The molecule has 2 aliphatic heterocycles. The first-order valence-electron chi connectivity index (χ1n) is 24.8. The van der Waals surface area contributed by atoms with Crippen molar-refractivity contribution in [3.8, 4) is 0 Å². The summed E-state index contributed by atoms with van der Waals surface area (Å²) in [6.45, 7) is 6.49. The van der Waals surface area contributed by atoms with E-state index in [9.17, 15) is 0 Å². The van der Waals surface area contributed by atoms with E-state index in [1.807, 2.05) is 0 Å². The fraction of sp³-hybridized carbons (Fsp3) is 0.441. The van der Waals surface area contributed by atoms with E-state index in [1.165, 1.54) is 120 Å². The number of Topliss-reactive ketones (excluding diaryl/α,β-unsaturated/α-hetero) is 1. The smallest absolute Gasteiger partial charge is 0.139 e. The molecule has 6 aliphatic rings. The van der Waals surface area contributed by atoms with Gasteiger partial charge in [-0.2, -0.15) is 0 Å². The number of hydrogen-bond donors (Lipinski definition) is 0. The molecule has 63 heavy (non-hydrogen) atoms. The highest BCUT2D eigenvalue weighted by atomic mass is 35.5. The predicted octanol–water partition coefficient (Wildman–Crippen LogP) is 14.3. The lowest BCUT2D eigenvalue weighted by Crippen LogP contribution is -2.40. The van der Waals surface area contributed by atoms with Gasteiger partial charge in [-0.25, -0.2) is 0 Å². The Labute approximate surface area is 384 Å². The summed E-state index contributed by atoms with van der Waals surface area (Å²) in [5.74, 6) is 2.24. The van der Waals surface area contributed by atoms with Gasteiger partial charge in [0.2, 0.25) is 0 Å². The number of fused-ring (bicyclic) bond motifs is 4. The van der Waals surface area contributed by atoms with Crippen LogP contribution in [-0.4, -0.2) is 54.9 Å². The van der Waals surface area contributed by atoms with Crippen LogP contribution in [-0.2, 0) is 4.79 Å². The maximum Gasteiger partial charge on any atom is 0.139 e. The van der Waals surface area contributed by atoms with Gasteiger partial charge in [0.1, 0.15) is 5.78 Å². The number of halogens is 1. The predicted molar refractivity (Wildman–Crippen MR) is 269 cm³/mol. The number of hydrogen-bond acceptors (Lipinski definition) is 3. The average Bonchev–Trinajstić information content (AvgIpc) is 3.61. The van der Waals surface area contributed by atoms with Crippen LogP contribution in [0.4, 0.5) is 0 Å². The van der Waals surface area contributed by atoms with Crippen LogP contribution < -0.4 is 0 Å². The molecule has 4 fully saturated rings. The minimum atomic E-state index is 0. The molecular weight excluding hydrogens is 788 g/mol. The maximum atomic E-state index is 15.4. The first kappa shape index (κ1) is 43.9. The first-order valence-corrected chi connectivity index (χ1v) is 24.8. The van der Waals surface area contributed by atoms with Crippen LogP contribution in [0.2, 0.25) is 0 Å². The maximum absolute atomic E-state index is 15.4. The van der Waals surface area contributed by atoms with Gasteiger partial charge in [0.05, 0.1) is 0 Å². The highest BCUT2D eigenvalue weighted by Crippen LogP contribution is 2.43. The molecule has 2 saturated heterocycles. The van der Waals surface area contributed by atoms with Crippen molar-refractivity contribution in [3.63, 3.8) is 0 Å². The Morgan fingerprint density at radius 2 is 0.746 bits per heavy atom. The molecule has 328 valence electrons. The van der Waals surface area contributed by atoms with Crippen LogP contribution in [0.25, 0.3) is 35.5 Å². The van der Waals surface area contributed by atoms with E-state index in [4.69, 9.17) is 0 Å². The molecular formula is C59H69ClN2O. The summed E-state index contributed by atoms with van der Waals surface area (Å²) in [7, 11) is 0. The summed E-state index contributed by atoms with van der Waals surface area (Å²) in [5.41, 5.74) is 16.9. The van der Waals surface area contributed by atoms with Crippen molar-refractivity contribution < 1.29 is 4.79 Å². The molecule has 4 aliphatic carbocycles. The van der Waals surface area contributed by atoms with Crippen LogP contribution >= 0.6 is 12.4 Å². The van der Waals surface area contributed by atoms with Gasteiger partial charge in [0.25, 0.3) is 0 Å². The Kier molecular flexibility index (Phi) is 14.4. The van der Waals surface area contributed by atoms with Crippen molar-refractivity contribution in [2.24, 2.45) is 23.7 Å². The van der Waals surface area contributed by atoms with Crippen molar-refractivity contribution in [1.82, 2.24) is 9.80 Å². The molecule has 2 atom stereocenters. The van der Waals surface area contributed by atoms with Gasteiger partial charge in [-0.3, -0.25) is 4.79 Å². The molecule has 3 nitrogen and oxygen atoms in total. The number of carbonyl (C=O) groups excluding carboxylic acids is 1. The van der Waals surface area contributed by atoms with Gasteiger partial charge in [0.15, 0.2) is 0 Å². The molecule has 0 amide bonds. The largest absolute Gasteiger partial charge is 0.303 e. The summed E-state index contributed by atoms with van der Waals surface area (Å²) in [6, 6.07) is 35.9. The van der Waals surface area contributed by atoms with E-state index in [2.05, 4.69) is 131 Å². The molecule has 4 aromatic carbocycles. The standard InChI is InChI=1S/C59H68N2O.ClH/c62-59(55(43-15-3-1-4-16-43)35-41-60-37-31-49(32-38-60)57-51-23-11-7-19-45(51)27-28-46-20-8-12-24-52(46)57)56(44-17-5-2-6-18-44)36-42-61-39-33-50(34-40-61)58-53-25-13-9-21-47(53)29-30-48-22-10-14-26-54(48)58;/h7-14,19-30,43-44,55-56H,1-6,15-18,31-42H2;1H. The highest BCUT2D eigenvalue weighted by Gasteiger charge is 2.38. The topological polar surface area (TPSA) is 23.6 Å². The fourth-order valence-electron chi connectivity index (χ4n) is 12.7. The van der Waals surface area contributed by atoms with E-state index < -0.39 is 0 Å². The van der Waals surface area contributed by atoms with Crippen molar-refractivity contribution >= 4 is 53.6 Å². The zero-order valence-corrected chi connectivity index (χ0v) is 38.4. The number of likely N-dealkylation sites (tertiary alicyclic amines) is 2. The van der Waals surface area contributed by atoms with E-state index in [0.717, 1.165) is 77.8 Å². The van der Waals surface area contributed by atoms with Crippen LogP contribution in [0.15, 0.2) is 108 Å². The molecule has 0 bridgehead atoms. The van der Waals surface area contributed by atoms with Crippen molar-refractivity contribution in [1.29, 1.82) is 0 Å². The minimum absolute atomic E-state index is 0. The van der Waals surface area contributed by atoms with Crippen molar-refractivity contribution in [3.05, 3.63) is 153 Å². The molecule has 2 unspecified atom stereocenters. The Bertz CT molecular complexity index is 2070. The second-order valence-electron chi connectivity index (χ2n) is 19.6. The Morgan fingerprint density at radius 3 is 1.06 bits per heavy atom. The number of benzene rings is 4. The van der Waals surface area contributed by atoms with Gasteiger partial charge < -0.3 is 9.80 Å². The van der Waals surface area contributed by atoms with Gasteiger partial charge >= 0.3 is 0 Å². The van der Waals surface area contributed by atoms with E-state index in [1.54, 1.807) is 11.1 Å². The SMILES string of the molecule is Cl.O=C(C(CCN1CCC(=C2c3ccccc3C=Cc3ccccc32)CC1)C1CCCCC1)C(CCN1CCC(=C2c3ccccc3C=Cc3ccccc32)CC1)C1CCCCC1. The van der Waals surface area contributed by atoms with Crippen LogP contribution in [0.5, 0.6) is 0 Å². The molecule has 10 rings (SSSR count). The number of carbonyl (C=O) groups is 1. The summed E-state index contributed by atoms with van der Waals surface area (Å²) in [4.78, 5) is 20.8. The fourth-order valence-corrected chi connectivity index (χ4v) is 12.7. The van der Waals surface area contributed by atoms with E-state index in [0.29, 0.717) is 17.6 Å². The van der Waals surface area contributed by atoms with E-state index >= 15 is 4.79 Å². The monoisotopic (exact) mass is 857 g/mol. The number of rotatable bonds is 10. The Balaban J connectivity index is 0.00000504. The summed E-state index contributed by atoms with van der Waals surface area (Å²) >= 11 is 0. The lowest BCUT2D eigenvalue weighted by Gasteiger charge is -2.38. The summed E-state index contributed by atoms with van der Waals surface area (Å²) in [6.07, 6.45) is 28.6. The van der Waals surface area contributed by atoms with Crippen molar-refractivity contribution in [2.45, 2.75) is 103 Å². The van der Waals surface area contributed by atoms with Crippen LogP contribution in [0, 0.1) is 23.7 Å². The number of piperidine rings is 2. The molecule has 4 heteroatoms. The second-order valence-corrected chi connectivity index (χ2v) is 19.6. The Hall–Kier alpha value is -4.28. The molecule has 0 N–H and O–H groups in total. The quantitative estimate of drug-likeness (QED) is 0.137. The third-order valence-electron chi connectivity index (χ3n) is 16.1. The van der Waals surface area contributed by atoms with Crippen molar-refractivity contribution in [2.75, 3.05) is 39.3 Å². The third kappa shape index (κ3) is 9.73. The van der Waals surface area contributed by atoms with Crippen LogP contribution in [0.1, 0.15) is 147 Å². The van der Waals surface area contributed by atoms with Gasteiger partial charge in [-0.1, -0.05) is 171 Å². The Morgan fingerprint density at radius 1 is 0.444 bits per heavy atom. The molecule has 0 aromatic heterocycles. The third-order valence-corrected chi connectivity index (χ3v) is 16.1. The van der Waals surface area contributed by atoms with E-state index in [-0.39, 0.29) is 24.2 Å². The lowest BCUT2D eigenvalue weighted by molar-refractivity contribution is -0.132. The lowest BCUT2D eigenvalue weighted by atomic mass is 9.68. The normalized spacial score (nSPS) is 20.7. The summed E-state index contributed by atoms with van der Waals surface area (Å²) in [5, 5.41) is 0. The van der Waals surface area contributed by atoms with Gasteiger partial charge in [-0.15, -0.1) is 12.4 Å². The van der Waals surface area contributed by atoms with Gasteiger partial charge in [0, 0.05) is 38.0 Å². The van der Waals surface area contributed by atoms with Gasteiger partial charge in [-0.05, 0) is 145 Å². The molecule has 4 aromatic rings. The first-order chi connectivity index (χ1) is 30.7. The zero-order chi connectivity index (χ0) is 41.7. The minimum Gasteiger partial charge on any atom is -0.303 e. The second kappa shape index (κ2) is 20.7. The number of ketones is 1. The highest BCUT2D eigenvalue weighted by molar-refractivity contribution is 5.96. The zero-order valence-electron chi connectivity index (χ0n) is 37.6. The summed E-state index contributed by atoms with van der Waals surface area (Å²) < 4.78 is 0. The molecule has 2 heterocycles. The van der Waals surface area contributed by atoms with Crippen LogP contribution in [0.3, 0.4) is 0 Å². The number of nitrogens with zero attached hydrogens (tertiary/aromatic N) is 2. The molecule has 0 spiro atoms.